The molecule has 0 bridgehead atoms. The third-order valence-corrected chi connectivity index (χ3v) is 5.72. The maximum Gasteiger partial charge on any atom is 0.227 e. The van der Waals surface area contributed by atoms with Gasteiger partial charge in [0.15, 0.2) is 0 Å². The van der Waals surface area contributed by atoms with Gasteiger partial charge in [0.05, 0.1) is 11.9 Å². The van der Waals surface area contributed by atoms with Crippen molar-refractivity contribution in [1.82, 2.24) is 9.88 Å². The van der Waals surface area contributed by atoms with Crippen LogP contribution in [-0.2, 0) is 14.3 Å². The van der Waals surface area contributed by atoms with Crippen LogP contribution in [0.2, 0.25) is 0 Å². The molecular weight excluding hydrogens is 382 g/mol. The Morgan fingerprint density at radius 1 is 0.967 bits per heavy atom. The van der Waals surface area contributed by atoms with Crippen molar-refractivity contribution in [2.75, 3.05) is 31.6 Å². The lowest BCUT2D eigenvalue weighted by atomic mass is 9.93. The summed E-state index contributed by atoms with van der Waals surface area (Å²) in [6.07, 6.45) is 4.57. The molecule has 2 aliphatic heterocycles. The van der Waals surface area contributed by atoms with Crippen LogP contribution in [0.5, 0.6) is 11.6 Å². The molecule has 1 N–H and O–H groups in total. The van der Waals surface area contributed by atoms with Gasteiger partial charge in [0.2, 0.25) is 17.7 Å². The van der Waals surface area contributed by atoms with Crippen LogP contribution in [0, 0.1) is 11.8 Å². The van der Waals surface area contributed by atoms with Crippen LogP contribution in [0.3, 0.4) is 0 Å². The monoisotopic (exact) mass is 409 g/mol. The van der Waals surface area contributed by atoms with Crippen molar-refractivity contribution in [1.29, 1.82) is 0 Å². The summed E-state index contributed by atoms with van der Waals surface area (Å²) in [4.78, 5) is 31.4. The minimum absolute atomic E-state index is 0.0216. The minimum Gasteiger partial charge on any atom is -0.439 e. The molecule has 4 rings (SSSR count). The largest absolute Gasteiger partial charge is 0.439 e. The number of ether oxygens (including phenoxy) is 2. The average molecular weight is 409 g/mol. The highest BCUT2D eigenvalue weighted by Crippen LogP contribution is 2.25. The Hall–Kier alpha value is -2.93. The van der Waals surface area contributed by atoms with Gasteiger partial charge in [-0.1, -0.05) is 18.2 Å². The maximum absolute atomic E-state index is 12.6. The standard InChI is InChI=1S/C23H27N3O4/c27-22(17-8-12-26(13-9-17)23(28)18-10-14-29-15-11-18)25-19-6-7-21(24-16-19)30-20-4-2-1-3-5-20/h1-7,16-18H,8-15H2,(H,25,27). The summed E-state index contributed by atoms with van der Waals surface area (Å²) < 4.78 is 11.0. The van der Waals surface area contributed by atoms with E-state index in [1.165, 1.54) is 0 Å². The molecule has 2 saturated heterocycles. The van der Waals surface area contributed by atoms with E-state index in [0.717, 1.165) is 12.8 Å². The van der Waals surface area contributed by atoms with Gasteiger partial charge in [0.25, 0.3) is 0 Å². The molecule has 0 atom stereocenters. The summed E-state index contributed by atoms with van der Waals surface area (Å²) in [5.41, 5.74) is 0.640. The van der Waals surface area contributed by atoms with Crippen molar-refractivity contribution in [2.45, 2.75) is 25.7 Å². The van der Waals surface area contributed by atoms with E-state index in [1.54, 1.807) is 18.3 Å². The van der Waals surface area contributed by atoms with Crippen molar-refractivity contribution >= 4 is 17.5 Å². The number of benzene rings is 1. The van der Waals surface area contributed by atoms with E-state index in [4.69, 9.17) is 9.47 Å². The number of hydrogen-bond donors (Lipinski definition) is 1. The summed E-state index contributed by atoms with van der Waals surface area (Å²) in [6, 6.07) is 12.9. The zero-order valence-corrected chi connectivity index (χ0v) is 17.0. The fraction of sp³-hybridized carbons (Fsp3) is 0.435. The summed E-state index contributed by atoms with van der Waals surface area (Å²) in [5.74, 6) is 1.36. The van der Waals surface area contributed by atoms with E-state index in [2.05, 4.69) is 10.3 Å². The van der Waals surface area contributed by atoms with Crippen molar-refractivity contribution in [3.8, 4) is 11.6 Å². The molecule has 30 heavy (non-hydrogen) atoms. The number of para-hydroxylation sites is 1. The van der Waals surface area contributed by atoms with Crippen molar-refractivity contribution in [2.24, 2.45) is 11.8 Å². The van der Waals surface area contributed by atoms with E-state index in [9.17, 15) is 9.59 Å². The van der Waals surface area contributed by atoms with Crippen molar-refractivity contribution in [3.63, 3.8) is 0 Å². The van der Waals surface area contributed by atoms with Crippen LogP contribution in [-0.4, -0.2) is 48.0 Å². The molecule has 1 aromatic heterocycles. The fourth-order valence-electron chi connectivity index (χ4n) is 3.93. The van der Waals surface area contributed by atoms with E-state index in [0.29, 0.717) is 56.5 Å². The van der Waals surface area contributed by atoms with E-state index >= 15 is 0 Å². The van der Waals surface area contributed by atoms with Crippen molar-refractivity contribution < 1.29 is 19.1 Å². The highest BCUT2D eigenvalue weighted by molar-refractivity contribution is 5.92. The number of amides is 2. The first kappa shape index (κ1) is 20.3. The summed E-state index contributed by atoms with van der Waals surface area (Å²) in [6.45, 7) is 2.60. The van der Waals surface area contributed by atoms with E-state index in [-0.39, 0.29) is 23.7 Å². The van der Waals surface area contributed by atoms with Gasteiger partial charge in [-0.15, -0.1) is 0 Å². The zero-order valence-electron chi connectivity index (χ0n) is 17.0. The second-order valence-corrected chi connectivity index (χ2v) is 7.78. The molecule has 7 nitrogen and oxygen atoms in total. The molecule has 0 radical (unpaired) electrons. The molecule has 1 aromatic carbocycles. The number of likely N-dealkylation sites (tertiary alicyclic amines) is 1. The Bertz CT molecular complexity index is 843. The Labute approximate surface area is 176 Å². The third-order valence-electron chi connectivity index (χ3n) is 5.72. The summed E-state index contributed by atoms with van der Waals surface area (Å²) in [5, 5.41) is 2.93. The van der Waals surface area contributed by atoms with Crippen LogP contribution in [0.15, 0.2) is 48.7 Å². The number of carbonyl (C=O) groups is 2. The van der Waals surface area contributed by atoms with Gasteiger partial charge in [0, 0.05) is 44.2 Å². The molecule has 3 heterocycles. The predicted molar refractivity (Wildman–Crippen MR) is 112 cm³/mol. The molecule has 0 saturated carbocycles. The number of piperidine rings is 1. The first-order valence-electron chi connectivity index (χ1n) is 10.6. The van der Waals surface area contributed by atoms with Crippen LogP contribution in [0.4, 0.5) is 5.69 Å². The first-order valence-corrected chi connectivity index (χ1v) is 10.6. The first-order chi connectivity index (χ1) is 14.7. The predicted octanol–water partition coefficient (Wildman–Crippen LogP) is 3.48. The van der Waals surface area contributed by atoms with Crippen molar-refractivity contribution in [3.05, 3.63) is 48.7 Å². The number of rotatable bonds is 5. The molecule has 2 fully saturated rings. The lowest BCUT2D eigenvalue weighted by molar-refractivity contribution is -0.141. The van der Waals surface area contributed by atoms with E-state index in [1.807, 2.05) is 35.2 Å². The average Bonchev–Trinajstić information content (AvgIpc) is 2.81. The lowest BCUT2D eigenvalue weighted by Gasteiger charge is -2.34. The Balaban J connectivity index is 1.25. The number of anilines is 1. The quantitative estimate of drug-likeness (QED) is 0.818. The Morgan fingerprint density at radius 3 is 2.37 bits per heavy atom. The normalized spacial score (nSPS) is 18.1. The number of hydrogen-bond acceptors (Lipinski definition) is 5. The molecule has 158 valence electrons. The van der Waals surface area contributed by atoms with Gasteiger partial charge in [0.1, 0.15) is 5.75 Å². The molecule has 0 spiro atoms. The Morgan fingerprint density at radius 2 is 1.70 bits per heavy atom. The topological polar surface area (TPSA) is 80.8 Å². The SMILES string of the molecule is O=C(Nc1ccc(Oc2ccccc2)nc1)C1CCN(C(=O)C2CCOCC2)CC1. The summed E-state index contributed by atoms with van der Waals surface area (Å²) >= 11 is 0. The number of nitrogens with zero attached hydrogens (tertiary/aromatic N) is 2. The second-order valence-electron chi connectivity index (χ2n) is 7.78. The summed E-state index contributed by atoms with van der Waals surface area (Å²) in [7, 11) is 0. The van der Waals surface area contributed by atoms with Crippen LogP contribution in [0.25, 0.3) is 0 Å². The number of carbonyl (C=O) groups excluding carboxylic acids is 2. The highest BCUT2D eigenvalue weighted by atomic mass is 16.5. The third kappa shape index (κ3) is 5.16. The highest BCUT2D eigenvalue weighted by Gasteiger charge is 2.31. The maximum atomic E-state index is 12.6. The smallest absolute Gasteiger partial charge is 0.227 e. The van der Waals surface area contributed by atoms with Gasteiger partial charge in [-0.2, -0.15) is 0 Å². The molecule has 2 aromatic rings. The molecular formula is C23H27N3O4. The zero-order chi connectivity index (χ0) is 20.8. The van der Waals surface area contributed by atoms with Crippen LogP contribution >= 0.6 is 0 Å². The second kappa shape index (κ2) is 9.71. The van der Waals surface area contributed by atoms with Gasteiger partial charge >= 0.3 is 0 Å². The lowest BCUT2D eigenvalue weighted by Crippen LogP contribution is -2.45. The van der Waals surface area contributed by atoms with Gasteiger partial charge in [-0.3, -0.25) is 9.59 Å². The molecule has 0 unspecified atom stereocenters. The number of pyridine rings is 1. The van der Waals surface area contributed by atoms with Crippen LogP contribution < -0.4 is 10.1 Å². The van der Waals surface area contributed by atoms with E-state index < -0.39 is 0 Å². The van der Waals surface area contributed by atoms with Crippen LogP contribution in [0.1, 0.15) is 25.7 Å². The van der Waals surface area contributed by atoms with Gasteiger partial charge < -0.3 is 19.7 Å². The van der Waals surface area contributed by atoms with Gasteiger partial charge in [-0.25, -0.2) is 4.98 Å². The minimum atomic E-state index is -0.0935. The number of aromatic nitrogens is 1. The molecule has 2 aliphatic rings. The number of nitrogens with one attached hydrogen (secondary N) is 1. The molecule has 0 aliphatic carbocycles. The Kier molecular flexibility index (Phi) is 6.59. The fourth-order valence-corrected chi connectivity index (χ4v) is 3.93. The van der Waals surface area contributed by atoms with Gasteiger partial charge in [-0.05, 0) is 43.9 Å². The molecule has 7 heteroatoms. The molecule has 2 amide bonds.